The van der Waals surface area contributed by atoms with E-state index in [0.29, 0.717) is 0 Å². The van der Waals surface area contributed by atoms with Crippen molar-refractivity contribution in [1.82, 2.24) is 0 Å². The Hall–Kier alpha value is -0.940. The van der Waals surface area contributed by atoms with Crippen LogP contribution in [0, 0.1) is 0 Å². The first-order chi connectivity index (χ1) is 7.77. The Kier molecular flexibility index (Phi) is 4.27. The molecule has 0 bridgehead atoms. The van der Waals surface area contributed by atoms with E-state index >= 15 is 0 Å². The van der Waals surface area contributed by atoms with Crippen LogP contribution in [0.4, 0.5) is 13.2 Å². The number of ketones is 1. The van der Waals surface area contributed by atoms with Crippen LogP contribution in [-0.4, -0.2) is 18.6 Å². The number of rotatable bonds is 3. The van der Waals surface area contributed by atoms with Crippen molar-refractivity contribution in [3.05, 3.63) is 27.7 Å². The maximum atomic E-state index is 12.3. The van der Waals surface area contributed by atoms with Crippen LogP contribution < -0.4 is 4.74 Å². The third-order valence-corrected chi connectivity index (χ3v) is 2.30. The summed E-state index contributed by atoms with van der Waals surface area (Å²) < 4.78 is 41.9. The van der Waals surface area contributed by atoms with Gasteiger partial charge in [0.25, 0.3) is 5.78 Å². The van der Waals surface area contributed by atoms with Crippen molar-refractivity contribution < 1.29 is 22.7 Å². The van der Waals surface area contributed by atoms with Gasteiger partial charge in [-0.15, -0.1) is 0 Å². The molecule has 1 rings (SSSR count). The zero-order valence-corrected chi connectivity index (χ0v) is 10.1. The fourth-order valence-corrected chi connectivity index (χ4v) is 1.72. The number of hydrogen-bond donors (Lipinski definition) is 0. The largest absolute Gasteiger partial charge is 0.492 e. The highest BCUT2D eigenvalue weighted by molar-refractivity contribution is 6.36. The molecule has 0 radical (unpaired) electrons. The molecule has 0 aliphatic heterocycles. The average Bonchev–Trinajstić information content (AvgIpc) is 2.19. The van der Waals surface area contributed by atoms with E-state index in [1.807, 2.05) is 0 Å². The van der Waals surface area contributed by atoms with Gasteiger partial charge in [-0.3, -0.25) is 4.79 Å². The molecule has 1 aromatic rings. The highest BCUT2D eigenvalue weighted by Crippen LogP contribution is 2.36. The Morgan fingerprint density at radius 1 is 1.35 bits per heavy atom. The van der Waals surface area contributed by atoms with Gasteiger partial charge in [0.05, 0.1) is 17.2 Å². The van der Waals surface area contributed by atoms with Crippen LogP contribution in [0.25, 0.3) is 0 Å². The van der Waals surface area contributed by atoms with Gasteiger partial charge in [-0.2, -0.15) is 13.2 Å². The van der Waals surface area contributed by atoms with Crippen molar-refractivity contribution in [1.29, 1.82) is 0 Å². The molecule has 7 heteroatoms. The van der Waals surface area contributed by atoms with Crippen molar-refractivity contribution in [2.24, 2.45) is 0 Å². The maximum absolute atomic E-state index is 12.3. The first kappa shape index (κ1) is 14.1. The van der Waals surface area contributed by atoms with Crippen molar-refractivity contribution in [2.45, 2.75) is 13.1 Å². The fraction of sp³-hybridized carbons (Fsp3) is 0.300. The summed E-state index contributed by atoms with van der Waals surface area (Å²) in [7, 11) is 0. The zero-order chi connectivity index (χ0) is 13.2. The molecule has 0 aliphatic carbocycles. The molecule has 0 spiro atoms. The SMILES string of the molecule is CCOc1c(Cl)cc(Cl)cc1C(=O)C(F)(F)F. The highest BCUT2D eigenvalue weighted by Gasteiger charge is 2.41. The molecule has 0 atom stereocenters. The summed E-state index contributed by atoms with van der Waals surface area (Å²) in [4.78, 5) is 11.1. The number of ether oxygens (including phenoxy) is 1. The number of benzene rings is 1. The molecule has 0 fully saturated rings. The van der Waals surface area contributed by atoms with Gasteiger partial charge in [-0.25, -0.2) is 0 Å². The summed E-state index contributed by atoms with van der Waals surface area (Å²) in [5, 5.41) is -0.196. The minimum atomic E-state index is -5.00. The lowest BCUT2D eigenvalue weighted by atomic mass is 10.1. The Labute approximate surface area is 105 Å². The molecule has 0 aromatic heterocycles. The molecule has 2 nitrogen and oxygen atoms in total. The second-order valence-corrected chi connectivity index (χ2v) is 3.87. The summed E-state index contributed by atoms with van der Waals surface area (Å²) in [6.07, 6.45) is -5.00. The van der Waals surface area contributed by atoms with Crippen molar-refractivity contribution in [3.8, 4) is 5.75 Å². The Morgan fingerprint density at radius 3 is 2.41 bits per heavy atom. The number of halogens is 5. The zero-order valence-electron chi connectivity index (χ0n) is 8.57. The quantitative estimate of drug-likeness (QED) is 0.781. The van der Waals surface area contributed by atoms with Crippen LogP contribution in [0.3, 0.4) is 0 Å². The molecular formula is C10H7Cl2F3O2. The summed E-state index contributed by atoms with van der Waals surface area (Å²) in [5.74, 6) is -2.34. The minimum Gasteiger partial charge on any atom is -0.492 e. The Morgan fingerprint density at radius 2 is 1.94 bits per heavy atom. The number of Topliss-reactive ketones (excluding diaryl/α,β-unsaturated/α-hetero) is 1. The molecular weight excluding hydrogens is 280 g/mol. The third-order valence-electron chi connectivity index (χ3n) is 1.80. The van der Waals surface area contributed by atoms with E-state index in [0.717, 1.165) is 6.07 Å². The molecule has 0 unspecified atom stereocenters. The molecule has 0 aliphatic rings. The van der Waals surface area contributed by atoms with E-state index < -0.39 is 17.5 Å². The molecule has 17 heavy (non-hydrogen) atoms. The van der Waals surface area contributed by atoms with E-state index in [9.17, 15) is 18.0 Å². The molecule has 0 heterocycles. The third kappa shape index (κ3) is 3.26. The minimum absolute atomic E-state index is 0.0638. The van der Waals surface area contributed by atoms with Gasteiger partial charge in [-0.05, 0) is 19.1 Å². The van der Waals surface area contributed by atoms with Gasteiger partial charge in [-0.1, -0.05) is 23.2 Å². The summed E-state index contributed by atoms with van der Waals surface area (Å²) >= 11 is 11.2. The van der Waals surface area contributed by atoms with E-state index in [-0.39, 0.29) is 22.4 Å². The first-order valence-corrected chi connectivity index (χ1v) is 5.26. The second-order valence-electron chi connectivity index (χ2n) is 3.02. The molecule has 0 saturated heterocycles. The number of carbonyl (C=O) groups excluding carboxylic acids is 1. The first-order valence-electron chi connectivity index (χ1n) is 4.50. The molecule has 0 amide bonds. The lowest BCUT2D eigenvalue weighted by Crippen LogP contribution is -2.23. The van der Waals surface area contributed by atoms with Crippen LogP contribution in [0.5, 0.6) is 5.75 Å². The van der Waals surface area contributed by atoms with E-state index in [1.165, 1.54) is 6.07 Å². The van der Waals surface area contributed by atoms with Crippen LogP contribution >= 0.6 is 23.2 Å². The number of hydrogen-bond acceptors (Lipinski definition) is 2. The summed E-state index contributed by atoms with van der Waals surface area (Å²) in [6, 6.07) is 2.09. The molecule has 0 saturated carbocycles. The van der Waals surface area contributed by atoms with Gasteiger partial charge in [0.15, 0.2) is 0 Å². The lowest BCUT2D eigenvalue weighted by molar-refractivity contribution is -0.0886. The predicted octanol–water partition coefficient (Wildman–Crippen LogP) is 4.14. The van der Waals surface area contributed by atoms with E-state index in [1.54, 1.807) is 6.92 Å². The normalized spacial score (nSPS) is 11.4. The fourth-order valence-electron chi connectivity index (χ4n) is 1.17. The van der Waals surface area contributed by atoms with Crippen molar-refractivity contribution in [3.63, 3.8) is 0 Å². The van der Waals surface area contributed by atoms with E-state index in [2.05, 4.69) is 0 Å². The second kappa shape index (κ2) is 5.14. The number of carbonyl (C=O) groups is 1. The van der Waals surface area contributed by atoms with Gasteiger partial charge in [0, 0.05) is 5.02 Å². The number of alkyl halides is 3. The summed E-state index contributed by atoms with van der Waals surface area (Å²) in [5.41, 5.74) is -0.683. The monoisotopic (exact) mass is 286 g/mol. The molecule has 0 N–H and O–H groups in total. The lowest BCUT2D eigenvalue weighted by Gasteiger charge is -2.13. The average molecular weight is 287 g/mol. The van der Waals surface area contributed by atoms with Crippen LogP contribution in [-0.2, 0) is 0 Å². The topological polar surface area (TPSA) is 26.3 Å². The van der Waals surface area contributed by atoms with Gasteiger partial charge in [0.2, 0.25) is 0 Å². The van der Waals surface area contributed by atoms with Crippen LogP contribution in [0.1, 0.15) is 17.3 Å². The van der Waals surface area contributed by atoms with Gasteiger partial charge < -0.3 is 4.74 Å². The smallest absolute Gasteiger partial charge is 0.455 e. The summed E-state index contributed by atoms with van der Waals surface area (Å²) in [6.45, 7) is 1.65. The van der Waals surface area contributed by atoms with Crippen LogP contribution in [0.15, 0.2) is 12.1 Å². The predicted molar refractivity (Wildman–Crippen MR) is 58.0 cm³/mol. The highest BCUT2D eigenvalue weighted by atomic mass is 35.5. The molecule has 94 valence electrons. The maximum Gasteiger partial charge on any atom is 0.455 e. The van der Waals surface area contributed by atoms with Gasteiger partial charge in [0.1, 0.15) is 5.75 Å². The van der Waals surface area contributed by atoms with E-state index in [4.69, 9.17) is 27.9 Å². The Bertz CT molecular complexity index is 444. The van der Waals surface area contributed by atoms with Crippen LogP contribution in [0.2, 0.25) is 10.0 Å². The van der Waals surface area contributed by atoms with Crippen molar-refractivity contribution >= 4 is 29.0 Å². The molecule has 1 aromatic carbocycles. The van der Waals surface area contributed by atoms with Gasteiger partial charge >= 0.3 is 6.18 Å². The Balaban J connectivity index is 3.35. The van der Waals surface area contributed by atoms with Crippen molar-refractivity contribution in [2.75, 3.05) is 6.61 Å². The standard InChI is InChI=1S/C10H7Cl2F3O2/c1-2-17-8-6(9(16)10(13,14)15)3-5(11)4-7(8)12/h3-4H,2H2,1H3.